The van der Waals surface area contributed by atoms with Crippen LogP contribution < -0.4 is 4.90 Å². The third kappa shape index (κ3) is 4.51. The van der Waals surface area contributed by atoms with Gasteiger partial charge in [-0.05, 0) is 66.8 Å². The Labute approximate surface area is 197 Å². The van der Waals surface area contributed by atoms with Gasteiger partial charge in [-0.15, -0.1) is 0 Å². The molecule has 6 heteroatoms. The van der Waals surface area contributed by atoms with E-state index in [4.69, 9.17) is 5.11 Å². The van der Waals surface area contributed by atoms with Crippen molar-refractivity contribution in [1.82, 2.24) is 14.8 Å². The lowest BCUT2D eigenvalue weighted by atomic mass is 9.91. The van der Waals surface area contributed by atoms with Crippen molar-refractivity contribution in [3.05, 3.63) is 58.3 Å². The lowest BCUT2D eigenvalue weighted by Crippen LogP contribution is -2.41. The van der Waals surface area contributed by atoms with Crippen LogP contribution in [0.4, 0.5) is 5.82 Å². The molecule has 2 aromatic rings. The van der Waals surface area contributed by atoms with Crippen molar-refractivity contribution in [2.24, 2.45) is 0 Å². The van der Waals surface area contributed by atoms with Crippen LogP contribution in [0.15, 0.2) is 30.5 Å². The monoisotopic (exact) mass is 448 g/mol. The Morgan fingerprint density at radius 2 is 1.70 bits per heavy atom. The van der Waals surface area contributed by atoms with Crippen molar-refractivity contribution in [3.63, 3.8) is 0 Å². The van der Waals surface area contributed by atoms with Crippen LogP contribution in [-0.2, 0) is 25.9 Å². The summed E-state index contributed by atoms with van der Waals surface area (Å²) in [5, 5.41) is 7.00. The molecule has 1 aromatic heterocycles. The number of aliphatic hydroxyl groups is 1. The number of fused-ring (bicyclic) bond motifs is 2. The maximum atomic E-state index is 13.0. The molecule has 4 heterocycles. The molecule has 1 saturated heterocycles. The highest BCUT2D eigenvalue weighted by molar-refractivity contribution is 5.98. The van der Waals surface area contributed by atoms with Gasteiger partial charge >= 0.3 is 0 Å². The summed E-state index contributed by atoms with van der Waals surface area (Å²) in [5.41, 5.74) is 6.16. The molecule has 1 N–H and O–H groups in total. The van der Waals surface area contributed by atoms with Gasteiger partial charge in [0.1, 0.15) is 5.82 Å². The van der Waals surface area contributed by atoms with Crippen LogP contribution in [0, 0.1) is 0 Å². The number of rotatable bonds is 4. The summed E-state index contributed by atoms with van der Waals surface area (Å²) in [6, 6.07) is 9.89. The van der Waals surface area contributed by atoms with Gasteiger partial charge in [0.25, 0.3) is 5.91 Å². The second-order valence-corrected chi connectivity index (χ2v) is 9.78. The van der Waals surface area contributed by atoms with Crippen molar-refractivity contribution in [3.8, 4) is 0 Å². The number of aliphatic hydroxyl groups excluding tert-OH is 1. The molecule has 1 aliphatic carbocycles. The number of nitrogens with zero attached hydrogens (tertiary/aromatic N) is 4. The predicted molar refractivity (Wildman–Crippen MR) is 130 cm³/mol. The van der Waals surface area contributed by atoms with E-state index < -0.39 is 0 Å². The molecular weight excluding hydrogens is 412 g/mol. The minimum Gasteiger partial charge on any atom is -0.400 e. The van der Waals surface area contributed by atoms with E-state index in [0.717, 1.165) is 56.0 Å². The van der Waals surface area contributed by atoms with Gasteiger partial charge < -0.3 is 14.9 Å². The fourth-order valence-corrected chi connectivity index (χ4v) is 5.73. The number of amides is 1. The smallest absolute Gasteiger partial charge is 0.256 e. The van der Waals surface area contributed by atoms with Crippen LogP contribution in [0.25, 0.3) is 0 Å². The highest BCUT2D eigenvalue weighted by atomic mass is 16.2. The minimum absolute atomic E-state index is 0.126. The SMILES string of the molecule is CO.O=C1c2cnc(N3CCCC3)cc2CN1Cc1ccc2c(c1)CCN(C1CCC1)CC2. The number of pyridine rings is 1. The Bertz CT molecular complexity index is 998. The number of hydrogen-bond acceptors (Lipinski definition) is 5. The van der Waals surface area contributed by atoms with Gasteiger partial charge in [0, 0.05) is 58.6 Å². The zero-order valence-electron chi connectivity index (χ0n) is 19.8. The summed E-state index contributed by atoms with van der Waals surface area (Å²) in [7, 11) is 1.00. The van der Waals surface area contributed by atoms with Crippen molar-refractivity contribution in [2.75, 3.05) is 38.2 Å². The molecule has 6 rings (SSSR count). The molecule has 1 saturated carbocycles. The molecule has 176 valence electrons. The first-order valence-corrected chi connectivity index (χ1v) is 12.6. The Balaban J connectivity index is 0.00000111. The summed E-state index contributed by atoms with van der Waals surface area (Å²) < 4.78 is 0. The molecular formula is C27H36N4O2. The van der Waals surface area contributed by atoms with E-state index in [0.29, 0.717) is 13.1 Å². The van der Waals surface area contributed by atoms with Crippen LogP contribution in [0.1, 0.15) is 64.7 Å². The first kappa shape index (κ1) is 22.4. The van der Waals surface area contributed by atoms with Gasteiger partial charge in [-0.25, -0.2) is 4.98 Å². The number of carbonyl (C=O) groups excluding carboxylic acids is 1. The zero-order chi connectivity index (χ0) is 22.8. The molecule has 4 aliphatic rings. The molecule has 2 fully saturated rings. The van der Waals surface area contributed by atoms with Crippen LogP contribution in [0.3, 0.4) is 0 Å². The van der Waals surface area contributed by atoms with Crippen LogP contribution >= 0.6 is 0 Å². The molecule has 0 bridgehead atoms. The Hall–Kier alpha value is -2.44. The highest BCUT2D eigenvalue weighted by Crippen LogP contribution is 2.30. The van der Waals surface area contributed by atoms with E-state index in [-0.39, 0.29) is 5.91 Å². The molecule has 33 heavy (non-hydrogen) atoms. The average molecular weight is 449 g/mol. The van der Waals surface area contributed by atoms with Gasteiger partial charge in [-0.1, -0.05) is 24.6 Å². The standard InChI is InChI=1S/C26H32N4O.CH4O/c31-26-24-16-27-25(29-10-1-2-11-29)15-22(24)18-30(26)17-19-6-7-20-8-12-28(23-4-3-5-23)13-9-21(20)14-19;1-2/h6-7,14-16,23H,1-5,8-13,17-18H2;2H,1H3. The Morgan fingerprint density at radius 3 is 2.42 bits per heavy atom. The van der Waals surface area contributed by atoms with Crippen molar-refractivity contribution < 1.29 is 9.90 Å². The van der Waals surface area contributed by atoms with Crippen molar-refractivity contribution >= 4 is 11.7 Å². The van der Waals surface area contributed by atoms with E-state index in [2.05, 4.69) is 39.0 Å². The summed E-state index contributed by atoms with van der Waals surface area (Å²) >= 11 is 0. The number of hydrogen-bond donors (Lipinski definition) is 1. The summed E-state index contributed by atoms with van der Waals surface area (Å²) in [6.07, 6.45) is 10.7. The van der Waals surface area contributed by atoms with Gasteiger partial charge in [-0.2, -0.15) is 0 Å². The first-order chi connectivity index (χ1) is 16.2. The van der Waals surface area contributed by atoms with Crippen molar-refractivity contribution in [2.45, 2.75) is 64.1 Å². The Kier molecular flexibility index (Phi) is 6.65. The molecule has 0 spiro atoms. The fourth-order valence-electron chi connectivity index (χ4n) is 5.73. The van der Waals surface area contributed by atoms with E-state index >= 15 is 0 Å². The third-order valence-electron chi connectivity index (χ3n) is 7.86. The van der Waals surface area contributed by atoms with Crippen LogP contribution in [0.2, 0.25) is 0 Å². The van der Waals surface area contributed by atoms with Gasteiger partial charge in [-0.3, -0.25) is 9.69 Å². The maximum Gasteiger partial charge on any atom is 0.256 e. The predicted octanol–water partition coefficient (Wildman–Crippen LogP) is 3.40. The summed E-state index contributed by atoms with van der Waals surface area (Å²) in [4.78, 5) is 24.6. The maximum absolute atomic E-state index is 13.0. The second-order valence-electron chi connectivity index (χ2n) is 9.78. The molecule has 0 radical (unpaired) electrons. The Morgan fingerprint density at radius 1 is 0.939 bits per heavy atom. The molecule has 1 aromatic carbocycles. The lowest BCUT2D eigenvalue weighted by molar-refractivity contribution is 0.0766. The quantitative estimate of drug-likeness (QED) is 0.777. The summed E-state index contributed by atoms with van der Waals surface area (Å²) in [5.74, 6) is 1.16. The van der Waals surface area contributed by atoms with Gasteiger partial charge in [0.2, 0.25) is 0 Å². The van der Waals surface area contributed by atoms with E-state index in [1.165, 1.54) is 61.9 Å². The first-order valence-electron chi connectivity index (χ1n) is 12.6. The highest BCUT2D eigenvalue weighted by Gasteiger charge is 2.30. The largest absolute Gasteiger partial charge is 0.400 e. The van der Waals surface area contributed by atoms with Gasteiger partial charge in [0.05, 0.1) is 5.56 Å². The fraction of sp³-hybridized carbons (Fsp3) is 0.556. The van der Waals surface area contributed by atoms with Crippen LogP contribution in [-0.4, -0.2) is 65.1 Å². The van der Waals surface area contributed by atoms with Crippen molar-refractivity contribution in [1.29, 1.82) is 0 Å². The number of benzene rings is 1. The molecule has 3 aliphatic heterocycles. The van der Waals surface area contributed by atoms with Gasteiger partial charge in [0.15, 0.2) is 0 Å². The number of anilines is 1. The zero-order valence-corrected chi connectivity index (χ0v) is 19.8. The normalized spacial score (nSPS) is 20.6. The van der Waals surface area contributed by atoms with E-state index in [1.807, 2.05) is 4.90 Å². The minimum atomic E-state index is 0.126. The van der Waals surface area contributed by atoms with Crippen LogP contribution in [0.5, 0.6) is 0 Å². The molecule has 0 unspecified atom stereocenters. The molecule has 6 nitrogen and oxygen atoms in total. The number of aromatic nitrogens is 1. The lowest BCUT2D eigenvalue weighted by Gasteiger charge is -2.36. The van der Waals surface area contributed by atoms with E-state index in [1.54, 1.807) is 6.20 Å². The summed E-state index contributed by atoms with van der Waals surface area (Å²) in [6.45, 7) is 5.92. The second kappa shape index (κ2) is 9.82. The molecule has 1 amide bonds. The third-order valence-corrected chi connectivity index (χ3v) is 7.86. The molecule has 0 atom stereocenters. The average Bonchev–Trinajstić information content (AvgIpc) is 3.40. The number of carbonyl (C=O) groups is 1. The van der Waals surface area contributed by atoms with E-state index in [9.17, 15) is 4.79 Å². The topological polar surface area (TPSA) is 59.9 Å².